The maximum atomic E-state index is 3.80. The number of unbranched alkanes of at least 4 members (excludes halogenated alkanes) is 8. The smallest absolute Gasteiger partial charge is 0.0484 e. The van der Waals surface area contributed by atoms with E-state index in [1.165, 1.54) is 99.6 Å². The molecule has 256 valence electrons. The Bertz CT molecular complexity index is 999. The van der Waals surface area contributed by atoms with Crippen molar-refractivity contribution in [1.29, 1.82) is 0 Å². The molecule has 0 aromatic heterocycles. The average Bonchev–Trinajstić information content (AvgIpc) is 3.77. The lowest BCUT2D eigenvalue weighted by atomic mass is 9.65. The average molecular weight is 650 g/mol. The molecule has 6 unspecified atom stereocenters. The number of nitrogens with zero attached hydrogens (tertiary/aromatic N) is 2. The number of nitrogens with one attached hydrogen (secondary N) is 5. The Morgan fingerprint density at radius 2 is 0.826 bits per heavy atom. The first-order chi connectivity index (χ1) is 22.7. The zero-order valence-corrected chi connectivity index (χ0v) is 30.0. The molecule has 46 heavy (non-hydrogen) atoms. The van der Waals surface area contributed by atoms with Crippen LogP contribution in [-0.2, 0) is 0 Å². The first-order valence-corrected chi connectivity index (χ1v) is 19.6. The number of rotatable bonds is 20. The molecule has 0 spiro atoms. The van der Waals surface area contributed by atoms with Crippen LogP contribution in [0.15, 0.2) is 48.5 Å². The summed E-state index contributed by atoms with van der Waals surface area (Å²) < 4.78 is 7.61. The standard InChI is InChI=1S/C38H63N7S/c1-5-9-13-25-44(26-14-10-6-2)31-21-17-29(18-22-31)33-35-36(40-43-39-35)34(38-37(33)41-46-42-38)30-19-23-32(24-20-30)45(27-15-11-7-3)28-16-12-8-4/h17-24,33-43H,5-16,25-28H2,1-4H3. The Morgan fingerprint density at radius 3 is 1.15 bits per heavy atom. The van der Waals surface area contributed by atoms with Crippen molar-refractivity contribution in [1.82, 2.24) is 25.8 Å². The third-order valence-electron chi connectivity index (χ3n) is 10.6. The van der Waals surface area contributed by atoms with Gasteiger partial charge in [-0.25, -0.2) is 20.3 Å². The van der Waals surface area contributed by atoms with Crippen LogP contribution in [0.4, 0.5) is 11.4 Å². The normalized spacial score (nSPS) is 25.4. The third kappa shape index (κ3) is 8.80. The molecule has 2 aliphatic heterocycles. The summed E-state index contributed by atoms with van der Waals surface area (Å²) >= 11 is 1.68. The summed E-state index contributed by atoms with van der Waals surface area (Å²) in [5, 5.41) is 0. The summed E-state index contributed by atoms with van der Waals surface area (Å²) in [7, 11) is 0. The Hall–Kier alpha value is -1.81. The number of fused-ring (bicyclic) bond motifs is 2. The van der Waals surface area contributed by atoms with Gasteiger partial charge in [-0.05, 0) is 61.1 Å². The summed E-state index contributed by atoms with van der Waals surface area (Å²) in [5.41, 5.74) is 16.2. The Balaban J connectivity index is 1.33. The van der Waals surface area contributed by atoms with E-state index < -0.39 is 0 Å². The van der Waals surface area contributed by atoms with E-state index in [1.54, 1.807) is 12.1 Å². The number of anilines is 2. The largest absolute Gasteiger partial charge is 0.372 e. The topological polar surface area (TPSA) is 66.6 Å². The van der Waals surface area contributed by atoms with Gasteiger partial charge >= 0.3 is 0 Å². The molecule has 6 atom stereocenters. The van der Waals surface area contributed by atoms with Gasteiger partial charge in [0.2, 0.25) is 0 Å². The van der Waals surface area contributed by atoms with Gasteiger partial charge < -0.3 is 9.80 Å². The minimum Gasteiger partial charge on any atom is -0.372 e. The van der Waals surface area contributed by atoms with Crippen molar-refractivity contribution >= 4 is 23.5 Å². The molecule has 0 radical (unpaired) electrons. The lowest BCUT2D eigenvalue weighted by molar-refractivity contribution is 0.223. The van der Waals surface area contributed by atoms with Gasteiger partial charge in [-0.2, -0.15) is 5.53 Å². The molecule has 5 rings (SSSR count). The van der Waals surface area contributed by atoms with Crippen LogP contribution in [0.25, 0.3) is 0 Å². The molecule has 1 aliphatic carbocycles. The van der Waals surface area contributed by atoms with Crippen LogP contribution in [0, 0.1) is 0 Å². The second kappa shape index (κ2) is 18.7. The van der Waals surface area contributed by atoms with Crippen LogP contribution >= 0.6 is 12.1 Å². The molecule has 0 bridgehead atoms. The lowest BCUT2D eigenvalue weighted by Gasteiger charge is -2.46. The zero-order chi connectivity index (χ0) is 32.1. The second-order valence-corrected chi connectivity index (χ2v) is 14.6. The van der Waals surface area contributed by atoms with Crippen molar-refractivity contribution in [2.75, 3.05) is 36.0 Å². The Morgan fingerprint density at radius 1 is 0.478 bits per heavy atom. The van der Waals surface area contributed by atoms with E-state index in [2.05, 4.69) is 112 Å². The van der Waals surface area contributed by atoms with Gasteiger partial charge in [0, 0.05) is 85.7 Å². The van der Waals surface area contributed by atoms with Gasteiger partial charge in [0.15, 0.2) is 0 Å². The van der Waals surface area contributed by atoms with Crippen molar-refractivity contribution in [3.8, 4) is 0 Å². The van der Waals surface area contributed by atoms with Crippen LogP contribution in [0.1, 0.15) is 128 Å². The summed E-state index contributed by atoms with van der Waals surface area (Å²) in [5.74, 6) is 0.677. The van der Waals surface area contributed by atoms with Gasteiger partial charge in [0.1, 0.15) is 0 Å². The quantitative estimate of drug-likeness (QED) is 0.0736. The van der Waals surface area contributed by atoms with Gasteiger partial charge in [-0.15, -0.1) is 0 Å². The highest BCUT2D eigenvalue weighted by Crippen LogP contribution is 2.45. The van der Waals surface area contributed by atoms with Crippen molar-refractivity contribution in [2.24, 2.45) is 0 Å². The molecule has 7 nitrogen and oxygen atoms in total. The van der Waals surface area contributed by atoms with E-state index in [1.807, 2.05) is 0 Å². The fourth-order valence-electron chi connectivity index (χ4n) is 7.97. The number of benzene rings is 2. The van der Waals surface area contributed by atoms with E-state index in [9.17, 15) is 0 Å². The summed E-state index contributed by atoms with van der Waals surface area (Å²) in [4.78, 5) is 5.25. The van der Waals surface area contributed by atoms with Crippen LogP contribution in [-0.4, -0.2) is 50.3 Å². The Kier molecular flexibility index (Phi) is 14.4. The molecular formula is C38H63N7S. The predicted octanol–water partition coefficient (Wildman–Crippen LogP) is 7.78. The van der Waals surface area contributed by atoms with Crippen LogP contribution in [0.5, 0.6) is 0 Å². The number of hydrogen-bond donors (Lipinski definition) is 5. The van der Waals surface area contributed by atoms with Crippen molar-refractivity contribution in [2.45, 2.75) is 141 Å². The van der Waals surface area contributed by atoms with E-state index in [4.69, 9.17) is 0 Å². The maximum Gasteiger partial charge on any atom is 0.0484 e. The van der Waals surface area contributed by atoms with Crippen molar-refractivity contribution in [3.63, 3.8) is 0 Å². The van der Waals surface area contributed by atoms with E-state index in [0.717, 1.165) is 26.2 Å². The fourth-order valence-corrected chi connectivity index (χ4v) is 8.89. The SMILES string of the molecule is CCCCCN(CCCCC)c1ccc(C2C3NNNC3C(c3ccc(N(CCCCC)CCCCC)cc3)C3NSNC32)cc1. The zero-order valence-electron chi connectivity index (χ0n) is 29.2. The molecule has 3 aliphatic rings. The first-order valence-electron chi connectivity index (χ1n) is 18.8. The highest BCUT2D eigenvalue weighted by atomic mass is 32.2. The second-order valence-electron chi connectivity index (χ2n) is 13.9. The minimum absolute atomic E-state index is 0.273. The lowest BCUT2D eigenvalue weighted by Crippen LogP contribution is -2.61. The number of hydrogen-bond acceptors (Lipinski definition) is 8. The molecule has 3 fully saturated rings. The summed E-state index contributed by atoms with van der Waals surface area (Å²) in [6.45, 7) is 13.8. The van der Waals surface area contributed by atoms with Crippen LogP contribution in [0.2, 0.25) is 0 Å². The molecular weight excluding hydrogens is 587 g/mol. The molecule has 2 aromatic rings. The molecule has 2 saturated heterocycles. The molecule has 8 heteroatoms. The molecule has 0 amide bonds. The monoisotopic (exact) mass is 649 g/mol. The van der Waals surface area contributed by atoms with Gasteiger partial charge in [0.25, 0.3) is 0 Å². The van der Waals surface area contributed by atoms with Gasteiger partial charge in [0.05, 0.1) is 0 Å². The van der Waals surface area contributed by atoms with Crippen molar-refractivity contribution in [3.05, 3.63) is 59.7 Å². The molecule has 2 aromatic carbocycles. The maximum absolute atomic E-state index is 3.80. The van der Waals surface area contributed by atoms with Crippen LogP contribution in [0.3, 0.4) is 0 Å². The molecule has 2 heterocycles. The Labute approximate surface area is 285 Å². The van der Waals surface area contributed by atoms with E-state index in [0.29, 0.717) is 23.9 Å². The summed E-state index contributed by atoms with van der Waals surface area (Å²) in [6.07, 6.45) is 15.4. The predicted molar refractivity (Wildman–Crippen MR) is 199 cm³/mol. The third-order valence-corrected chi connectivity index (χ3v) is 11.4. The van der Waals surface area contributed by atoms with E-state index in [-0.39, 0.29) is 12.1 Å². The summed E-state index contributed by atoms with van der Waals surface area (Å²) in [6, 6.07) is 20.4. The van der Waals surface area contributed by atoms with Crippen LogP contribution < -0.4 is 35.6 Å². The van der Waals surface area contributed by atoms with Gasteiger partial charge in [-0.1, -0.05) is 103 Å². The minimum atomic E-state index is 0.273. The highest BCUT2D eigenvalue weighted by molar-refractivity contribution is 7.95. The van der Waals surface area contributed by atoms with E-state index >= 15 is 0 Å². The molecule has 5 N–H and O–H groups in total. The highest BCUT2D eigenvalue weighted by Gasteiger charge is 2.55. The number of hydrazine groups is 2. The first kappa shape index (κ1) is 35.5. The van der Waals surface area contributed by atoms with Gasteiger partial charge in [-0.3, -0.25) is 0 Å². The fraction of sp³-hybridized carbons (Fsp3) is 0.684. The van der Waals surface area contributed by atoms with Crippen molar-refractivity contribution < 1.29 is 0 Å². The molecule has 1 saturated carbocycles.